The van der Waals surface area contributed by atoms with Crippen LogP contribution in [0.3, 0.4) is 0 Å². The van der Waals surface area contributed by atoms with Crippen LogP contribution in [0.2, 0.25) is 0 Å². The van der Waals surface area contributed by atoms with Crippen molar-refractivity contribution in [1.29, 1.82) is 5.26 Å². The molecule has 6 heteroatoms. The number of urea groups is 1. The fraction of sp³-hybridized carbons (Fsp3) is 0.438. The van der Waals surface area contributed by atoms with Gasteiger partial charge < -0.3 is 4.90 Å². The zero-order valence-corrected chi connectivity index (χ0v) is 12.5. The van der Waals surface area contributed by atoms with E-state index < -0.39 is 12.1 Å². The molecular weight excluding hydrogens is 280 g/mol. The molecule has 2 fully saturated rings. The molecule has 2 aliphatic heterocycles. The topological polar surface area (TPSA) is 67.6 Å². The summed E-state index contributed by atoms with van der Waals surface area (Å²) in [5.74, 6) is -0.179. The van der Waals surface area contributed by atoms with E-state index in [0.717, 1.165) is 12.0 Å². The first kappa shape index (κ1) is 14.4. The molecule has 6 nitrogen and oxygen atoms in total. The number of nitrogens with zero attached hydrogens (tertiary/aromatic N) is 4. The number of benzene rings is 1. The van der Waals surface area contributed by atoms with Gasteiger partial charge in [0.25, 0.3) is 5.91 Å². The molecule has 0 N–H and O–H groups in total. The third-order valence-electron chi connectivity index (χ3n) is 4.26. The second kappa shape index (κ2) is 5.68. The summed E-state index contributed by atoms with van der Waals surface area (Å²) >= 11 is 0. The van der Waals surface area contributed by atoms with E-state index >= 15 is 0 Å². The van der Waals surface area contributed by atoms with E-state index in [9.17, 15) is 14.9 Å². The fourth-order valence-corrected chi connectivity index (χ4v) is 3.04. The van der Waals surface area contributed by atoms with Crippen molar-refractivity contribution >= 4 is 11.9 Å². The van der Waals surface area contributed by atoms with Crippen molar-refractivity contribution in [1.82, 2.24) is 14.9 Å². The number of hydrogen-bond donors (Lipinski definition) is 0. The van der Waals surface area contributed by atoms with Gasteiger partial charge in [0.05, 0.1) is 6.07 Å². The van der Waals surface area contributed by atoms with Crippen LogP contribution < -0.4 is 0 Å². The number of carbonyl (C=O) groups is 2. The van der Waals surface area contributed by atoms with Gasteiger partial charge in [-0.25, -0.2) is 14.8 Å². The third-order valence-corrected chi connectivity index (χ3v) is 4.26. The van der Waals surface area contributed by atoms with Crippen LogP contribution in [-0.2, 0) is 11.3 Å². The lowest BCUT2D eigenvalue weighted by atomic mass is 10.1. The maximum Gasteiger partial charge on any atom is 0.339 e. The SMILES string of the molecule is C[C@H]1C(=O)N2C(C#N)CCCN2C(=O)N1Cc1ccccc1. The molecule has 1 aromatic carbocycles. The molecule has 3 amide bonds. The largest absolute Gasteiger partial charge is 0.339 e. The van der Waals surface area contributed by atoms with Crippen molar-refractivity contribution in [2.75, 3.05) is 6.54 Å². The van der Waals surface area contributed by atoms with E-state index in [2.05, 4.69) is 6.07 Å². The van der Waals surface area contributed by atoms with Crippen LogP contribution in [0, 0.1) is 11.3 Å². The maximum absolute atomic E-state index is 12.7. The highest BCUT2D eigenvalue weighted by Gasteiger charge is 2.46. The van der Waals surface area contributed by atoms with Crippen LogP contribution in [0.15, 0.2) is 30.3 Å². The predicted molar refractivity (Wildman–Crippen MR) is 79.0 cm³/mol. The molecule has 114 valence electrons. The van der Waals surface area contributed by atoms with Crippen LogP contribution >= 0.6 is 0 Å². The molecule has 2 atom stereocenters. The Bertz CT molecular complexity index is 625. The molecule has 2 saturated heterocycles. The molecular formula is C16H18N4O2. The Kier molecular flexibility index (Phi) is 3.72. The summed E-state index contributed by atoms with van der Waals surface area (Å²) in [7, 11) is 0. The fourth-order valence-electron chi connectivity index (χ4n) is 3.04. The highest BCUT2D eigenvalue weighted by Crippen LogP contribution is 2.27. The zero-order chi connectivity index (χ0) is 15.7. The Labute approximate surface area is 129 Å². The summed E-state index contributed by atoms with van der Waals surface area (Å²) in [6.45, 7) is 2.61. The minimum atomic E-state index is -0.557. The normalized spacial score (nSPS) is 25.0. The van der Waals surface area contributed by atoms with Gasteiger partial charge in [0, 0.05) is 13.1 Å². The molecule has 0 radical (unpaired) electrons. The van der Waals surface area contributed by atoms with E-state index in [1.165, 1.54) is 10.0 Å². The van der Waals surface area contributed by atoms with Crippen LogP contribution in [0.5, 0.6) is 0 Å². The van der Waals surface area contributed by atoms with E-state index in [-0.39, 0.29) is 11.9 Å². The zero-order valence-electron chi connectivity index (χ0n) is 12.5. The quantitative estimate of drug-likeness (QED) is 0.835. The summed E-state index contributed by atoms with van der Waals surface area (Å²) in [4.78, 5) is 26.9. The van der Waals surface area contributed by atoms with Gasteiger partial charge in [-0.2, -0.15) is 5.26 Å². The van der Waals surface area contributed by atoms with Crippen molar-refractivity contribution in [3.8, 4) is 6.07 Å². The number of nitriles is 1. The summed E-state index contributed by atoms with van der Waals surface area (Å²) in [5.41, 5.74) is 0.984. The molecule has 0 spiro atoms. The van der Waals surface area contributed by atoms with Gasteiger partial charge in [-0.05, 0) is 25.3 Å². The van der Waals surface area contributed by atoms with Crippen molar-refractivity contribution in [3.63, 3.8) is 0 Å². The van der Waals surface area contributed by atoms with Gasteiger partial charge in [0.2, 0.25) is 0 Å². The lowest BCUT2D eigenvalue weighted by Crippen LogP contribution is -2.69. The molecule has 0 bridgehead atoms. The number of hydrazine groups is 1. The number of amides is 3. The van der Waals surface area contributed by atoms with Gasteiger partial charge >= 0.3 is 6.03 Å². The molecule has 22 heavy (non-hydrogen) atoms. The third kappa shape index (κ3) is 2.29. The summed E-state index contributed by atoms with van der Waals surface area (Å²) in [6, 6.07) is 10.5. The molecule has 2 aliphatic rings. The Morgan fingerprint density at radius 1 is 1.27 bits per heavy atom. The summed E-state index contributed by atoms with van der Waals surface area (Å²) < 4.78 is 0. The van der Waals surface area contributed by atoms with E-state index in [0.29, 0.717) is 19.5 Å². The molecule has 1 aromatic rings. The first-order valence-electron chi connectivity index (χ1n) is 7.48. The van der Waals surface area contributed by atoms with Gasteiger partial charge in [-0.15, -0.1) is 0 Å². The molecule has 3 rings (SSSR count). The first-order valence-corrected chi connectivity index (χ1v) is 7.48. The lowest BCUT2D eigenvalue weighted by Gasteiger charge is -2.49. The highest BCUT2D eigenvalue weighted by atomic mass is 16.2. The van der Waals surface area contributed by atoms with E-state index in [1.54, 1.807) is 11.8 Å². The minimum Gasteiger partial charge on any atom is -0.307 e. The summed E-state index contributed by atoms with van der Waals surface area (Å²) in [5, 5.41) is 12.0. The van der Waals surface area contributed by atoms with Gasteiger partial charge in [-0.1, -0.05) is 30.3 Å². The molecule has 0 saturated carbocycles. The Morgan fingerprint density at radius 3 is 2.68 bits per heavy atom. The molecule has 1 unspecified atom stereocenters. The smallest absolute Gasteiger partial charge is 0.307 e. The average molecular weight is 298 g/mol. The van der Waals surface area contributed by atoms with E-state index in [1.807, 2.05) is 30.3 Å². The number of hydrogen-bond acceptors (Lipinski definition) is 3. The minimum absolute atomic E-state index is 0.179. The first-order chi connectivity index (χ1) is 10.6. The molecule has 2 heterocycles. The van der Waals surface area contributed by atoms with Crippen LogP contribution in [0.1, 0.15) is 25.3 Å². The summed E-state index contributed by atoms with van der Waals surface area (Å²) in [6.07, 6.45) is 1.36. The Hall–Kier alpha value is -2.55. The monoisotopic (exact) mass is 298 g/mol. The second-order valence-electron chi connectivity index (χ2n) is 5.67. The van der Waals surface area contributed by atoms with Crippen LogP contribution in [0.25, 0.3) is 0 Å². The number of fused-ring (bicyclic) bond motifs is 1. The molecule has 0 aliphatic carbocycles. The van der Waals surface area contributed by atoms with Crippen molar-refractivity contribution in [3.05, 3.63) is 35.9 Å². The lowest BCUT2D eigenvalue weighted by molar-refractivity contribution is -0.165. The van der Waals surface area contributed by atoms with Crippen molar-refractivity contribution < 1.29 is 9.59 Å². The van der Waals surface area contributed by atoms with Crippen LogP contribution in [0.4, 0.5) is 4.79 Å². The van der Waals surface area contributed by atoms with Crippen molar-refractivity contribution in [2.45, 2.75) is 38.4 Å². The van der Waals surface area contributed by atoms with Crippen molar-refractivity contribution in [2.24, 2.45) is 0 Å². The van der Waals surface area contributed by atoms with Gasteiger partial charge in [0.1, 0.15) is 12.1 Å². The number of carbonyl (C=O) groups excluding carboxylic acids is 2. The maximum atomic E-state index is 12.7. The van der Waals surface area contributed by atoms with E-state index in [4.69, 9.17) is 0 Å². The van der Waals surface area contributed by atoms with Crippen LogP contribution in [-0.4, -0.2) is 45.5 Å². The predicted octanol–water partition coefficient (Wildman–Crippen LogP) is 1.74. The average Bonchev–Trinajstić information content (AvgIpc) is 2.57. The second-order valence-corrected chi connectivity index (χ2v) is 5.67. The highest BCUT2D eigenvalue weighted by molar-refractivity contribution is 5.92. The molecule has 0 aromatic heterocycles. The number of rotatable bonds is 2. The van der Waals surface area contributed by atoms with Gasteiger partial charge in [-0.3, -0.25) is 4.79 Å². The Morgan fingerprint density at radius 2 is 2.00 bits per heavy atom. The standard InChI is InChI=1S/C16H18N4O2/c1-12-15(21)20-14(10-17)8-5-9-19(20)16(22)18(12)11-13-6-3-2-4-7-13/h2-4,6-7,12,14H,5,8-9,11H2,1H3/t12-,14?/m0/s1. The van der Waals surface area contributed by atoms with Gasteiger partial charge in [0.15, 0.2) is 0 Å². The Balaban J connectivity index is 1.87.